The summed E-state index contributed by atoms with van der Waals surface area (Å²) in [5.41, 5.74) is 10.2. The molecule has 2 nitrogen and oxygen atoms in total. The maximum Gasteiger partial charge on any atom is 0.0788 e. The third kappa shape index (κ3) is 4.50. The second-order valence-electron chi connectivity index (χ2n) is 12.9. The molecular formula is C48H30N2. The Morgan fingerprint density at radius 1 is 0.340 bits per heavy atom. The number of fused-ring (bicyclic) bond motifs is 7. The molecule has 0 radical (unpaired) electrons. The summed E-state index contributed by atoms with van der Waals surface area (Å²) in [4.78, 5) is 9.80. The maximum atomic E-state index is 5.43. The minimum Gasteiger partial charge on any atom is -0.264 e. The SMILES string of the molecule is c1ccc(-c2nc3cc(-c4c5ccccc5c(-c5cccc(-c6cccnc6)c5)c5ccccc45)ccc3c3c2ccc2ccccc23)cc1. The van der Waals surface area contributed by atoms with Gasteiger partial charge in [0.05, 0.1) is 11.2 Å². The quantitative estimate of drug-likeness (QED) is 0.142. The first-order chi connectivity index (χ1) is 24.8. The van der Waals surface area contributed by atoms with Crippen LogP contribution in [0.2, 0.25) is 0 Å². The Morgan fingerprint density at radius 3 is 1.62 bits per heavy atom. The number of nitrogens with zero attached hydrogens (tertiary/aromatic N) is 2. The maximum absolute atomic E-state index is 5.43. The van der Waals surface area contributed by atoms with Crippen molar-refractivity contribution in [3.63, 3.8) is 0 Å². The first-order valence-electron chi connectivity index (χ1n) is 17.1. The molecule has 0 unspecified atom stereocenters. The van der Waals surface area contributed by atoms with Gasteiger partial charge < -0.3 is 0 Å². The summed E-state index contributed by atoms with van der Waals surface area (Å²) in [6.45, 7) is 0. The van der Waals surface area contributed by atoms with E-state index >= 15 is 0 Å². The third-order valence-electron chi connectivity index (χ3n) is 10.1. The lowest BCUT2D eigenvalue weighted by molar-refractivity contribution is 1.33. The van der Waals surface area contributed by atoms with Gasteiger partial charge in [0.15, 0.2) is 0 Å². The Morgan fingerprint density at radius 2 is 0.920 bits per heavy atom. The van der Waals surface area contributed by atoms with Crippen molar-refractivity contribution >= 4 is 54.0 Å². The van der Waals surface area contributed by atoms with Crippen molar-refractivity contribution in [2.24, 2.45) is 0 Å². The van der Waals surface area contributed by atoms with E-state index in [2.05, 4.69) is 169 Å². The van der Waals surface area contributed by atoms with Crippen LogP contribution >= 0.6 is 0 Å². The van der Waals surface area contributed by atoms with Crippen molar-refractivity contribution in [1.29, 1.82) is 0 Å². The summed E-state index contributed by atoms with van der Waals surface area (Å²) in [7, 11) is 0. The molecule has 2 heterocycles. The van der Waals surface area contributed by atoms with Crippen molar-refractivity contribution < 1.29 is 0 Å². The van der Waals surface area contributed by atoms with Gasteiger partial charge in [-0.3, -0.25) is 4.98 Å². The second-order valence-corrected chi connectivity index (χ2v) is 12.9. The number of hydrogen-bond acceptors (Lipinski definition) is 2. The zero-order valence-electron chi connectivity index (χ0n) is 27.2. The minimum absolute atomic E-state index is 0.992. The van der Waals surface area contributed by atoms with Gasteiger partial charge >= 0.3 is 0 Å². The van der Waals surface area contributed by atoms with E-state index in [-0.39, 0.29) is 0 Å². The van der Waals surface area contributed by atoms with Crippen LogP contribution < -0.4 is 0 Å². The Bertz CT molecular complexity index is 2850. The predicted molar refractivity (Wildman–Crippen MR) is 211 cm³/mol. The van der Waals surface area contributed by atoms with Crippen LogP contribution in [0, 0.1) is 0 Å². The minimum atomic E-state index is 0.992. The summed E-state index contributed by atoms with van der Waals surface area (Å²) in [6, 6.07) is 61.3. The molecule has 10 rings (SSSR count). The van der Waals surface area contributed by atoms with E-state index in [1.807, 2.05) is 18.5 Å². The molecule has 0 aliphatic rings. The fourth-order valence-electron chi connectivity index (χ4n) is 7.89. The number of aromatic nitrogens is 2. The van der Waals surface area contributed by atoms with Crippen molar-refractivity contribution in [1.82, 2.24) is 9.97 Å². The average molecular weight is 635 g/mol. The van der Waals surface area contributed by atoms with Gasteiger partial charge in [-0.2, -0.15) is 0 Å². The van der Waals surface area contributed by atoms with Gasteiger partial charge in [0.25, 0.3) is 0 Å². The Labute approximate surface area is 290 Å². The van der Waals surface area contributed by atoms with Crippen LogP contribution in [0.1, 0.15) is 0 Å². The predicted octanol–water partition coefficient (Wildman–Crippen LogP) is 12.9. The molecule has 50 heavy (non-hydrogen) atoms. The average Bonchev–Trinajstić information content (AvgIpc) is 3.20. The molecule has 0 fully saturated rings. The van der Waals surface area contributed by atoms with Gasteiger partial charge in [0.1, 0.15) is 0 Å². The van der Waals surface area contributed by atoms with Crippen molar-refractivity contribution in [3.8, 4) is 44.6 Å². The number of hydrogen-bond donors (Lipinski definition) is 0. The monoisotopic (exact) mass is 634 g/mol. The number of rotatable bonds is 4. The van der Waals surface area contributed by atoms with Crippen LogP contribution in [0.3, 0.4) is 0 Å². The van der Waals surface area contributed by atoms with E-state index < -0.39 is 0 Å². The molecule has 232 valence electrons. The summed E-state index contributed by atoms with van der Waals surface area (Å²) < 4.78 is 0. The lowest BCUT2D eigenvalue weighted by atomic mass is 9.85. The molecule has 0 spiro atoms. The van der Waals surface area contributed by atoms with Crippen LogP contribution in [0.15, 0.2) is 182 Å². The number of benzene rings is 8. The fourth-order valence-corrected chi connectivity index (χ4v) is 7.89. The Balaban J connectivity index is 1.27. The van der Waals surface area contributed by atoms with Gasteiger partial charge in [0, 0.05) is 39.7 Å². The highest BCUT2D eigenvalue weighted by Gasteiger charge is 2.19. The van der Waals surface area contributed by atoms with E-state index in [4.69, 9.17) is 4.98 Å². The lowest BCUT2D eigenvalue weighted by Gasteiger charge is -2.19. The number of pyridine rings is 2. The van der Waals surface area contributed by atoms with Crippen LogP contribution in [-0.4, -0.2) is 9.97 Å². The van der Waals surface area contributed by atoms with E-state index in [0.717, 1.165) is 38.9 Å². The topological polar surface area (TPSA) is 25.8 Å². The first kappa shape index (κ1) is 28.4. The standard InChI is InChI=1S/C48H30N2/c1-2-13-32(14-3-1)48-43-26-23-31-12-4-5-18-37(31)47(43)42-25-24-35(29-44(42)50-48)46-40-21-8-6-19-38(40)45(39-20-7-9-22-41(39)46)34-16-10-15-33(28-34)36-17-11-27-49-30-36/h1-30H. The molecule has 0 aliphatic carbocycles. The molecule has 8 aromatic carbocycles. The van der Waals surface area contributed by atoms with Crippen LogP contribution in [0.4, 0.5) is 0 Å². The normalized spacial score (nSPS) is 11.6. The van der Waals surface area contributed by atoms with E-state index in [0.29, 0.717) is 0 Å². The molecule has 2 aromatic heterocycles. The Kier molecular flexibility index (Phi) is 6.53. The van der Waals surface area contributed by atoms with Gasteiger partial charge in [-0.05, 0) is 78.3 Å². The molecule has 0 amide bonds. The molecular weight excluding hydrogens is 605 g/mol. The molecule has 0 bridgehead atoms. The van der Waals surface area contributed by atoms with Gasteiger partial charge in [0.2, 0.25) is 0 Å². The summed E-state index contributed by atoms with van der Waals surface area (Å²) in [5, 5.41) is 11.0. The summed E-state index contributed by atoms with van der Waals surface area (Å²) >= 11 is 0. The summed E-state index contributed by atoms with van der Waals surface area (Å²) in [5.74, 6) is 0. The van der Waals surface area contributed by atoms with E-state index in [1.54, 1.807) is 0 Å². The fraction of sp³-hybridized carbons (Fsp3) is 0. The van der Waals surface area contributed by atoms with Crippen LogP contribution in [0.25, 0.3) is 98.6 Å². The second kappa shape index (κ2) is 11.5. The highest BCUT2D eigenvalue weighted by molar-refractivity contribution is 6.25. The van der Waals surface area contributed by atoms with Crippen molar-refractivity contribution in [2.45, 2.75) is 0 Å². The summed E-state index contributed by atoms with van der Waals surface area (Å²) in [6.07, 6.45) is 3.75. The van der Waals surface area contributed by atoms with Crippen LogP contribution in [-0.2, 0) is 0 Å². The molecule has 0 saturated heterocycles. The highest BCUT2D eigenvalue weighted by Crippen LogP contribution is 2.45. The third-order valence-corrected chi connectivity index (χ3v) is 10.1. The van der Waals surface area contributed by atoms with E-state index in [1.165, 1.54) is 59.8 Å². The van der Waals surface area contributed by atoms with Crippen molar-refractivity contribution in [2.75, 3.05) is 0 Å². The van der Waals surface area contributed by atoms with Gasteiger partial charge in [-0.25, -0.2) is 4.98 Å². The molecule has 10 aromatic rings. The molecule has 2 heteroatoms. The first-order valence-corrected chi connectivity index (χ1v) is 17.1. The largest absolute Gasteiger partial charge is 0.264 e. The van der Waals surface area contributed by atoms with Crippen LogP contribution in [0.5, 0.6) is 0 Å². The van der Waals surface area contributed by atoms with Crippen molar-refractivity contribution in [3.05, 3.63) is 182 Å². The highest BCUT2D eigenvalue weighted by atomic mass is 14.7. The molecule has 0 saturated carbocycles. The van der Waals surface area contributed by atoms with Gasteiger partial charge in [-0.1, -0.05) is 152 Å². The Hall–Kier alpha value is -6.64. The molecule has 0 atom stereocenters. The van der Waals surface area contributed by atoms with Gasteiger partial charge in [-0.15, -0.1) is 0 Å². The molecule has 0 N–H and O–H groups in total. The lowest BCUT2D eigenvalue weighted by Crippen LogP contribution is -1.93. The van der Waals surface area contributed by atoms with E-state index in [9.17, 15) is 0 Å². The smallest absolute Gasteiger partial charge is 0.0788 e. The zero-order chi connectivity index (χ0) is 33.0. The molecule has 0 aliphatic heterocycles. The zero-order valence-corrected chi connectivity index (χ0v) is 27.2.